The lowest BCUT2D eigenvalue weighted by molar-refractivity contribution is 0.0696. The average Bonchev–Trinajstić information content (AvgIpc) is 2.48. The molecule has 4 nitrogen and oxygen atoms in total. The van der Waals surface area contributed by atoms with Crippen LogP contribution in [0.3, 0.4) is 0 Å². The standard InChI is InChI=1S/C15H11BrN2O2S/c1-21-14-4-2-3-13(11(14)8-17)18-9-5-6-12(16)10(7-9)15(19)20/h2-7,18H,1H3,(H,19,20). The zero-order valence-electron chi connectivity index (χ0n) is 11.1. The topological polar surface area (TPSA) is 73.1 Å². The summed E-state index contributed by atoms with van der Waals surface area (Å²) < 4.78 is 0.513. The first kappa shape index (κ1) is 15.4. The molecule has 0 saturated carbocycles. The van der Waals surface area contributed by atoms with Crippen LogP contribution < -0.4 is 5.32 Å². The van der Waals surface area contributed by atoms with Crippen LogP contribution >= 0.6 is 27.7 Å². The van der Waals surface area contributed by atoms with E-state index in [0.29, 0.717) is 21.4 Å². The summed E-state index contributed by atoms with van der Waals surface area (Å²) in [5.74, 6) is -1.01. The smallest absolute Gasteiger partial charge is 0.336 e. The maximum Gasteiger partial charge on any atom is 0.336 e. The molecule has 21 heavy (non-hydrogen) atoms. The SMILES string of the molecule is CSc1cccc(Nc2ccc(Br)c(C(=O)O)c2)c1C#N. The van der Waals surface area contributed by atoms with Crippen molar-refractivity contribution in [2.24, 2.45) is 0 Å². The Labute approximate surface area is 134 Å². The minimum absolute atomic E-state index is 0.166. The maximum atomic E-state index is 11.1. The molecule has 2 N–H and O–H groups in total. The number of nitrogens with zero attached hydrogens (tertiary/aromatic N) is 1. The van der Waals surface area contributed by atoms with E-state index in [-0.39, 0.29) is 5.56 Å². The highest BCUT2D eigenvalue weighted by molar-refractivity contribution is 9.10. The Kier molecular flexibility index (Phi) is 4.89. The first-order valence-electron chi connectivity index (χ1n) is 5.93. The zero-order chi connectivity index (χ0) is 15.4. The van der Waals surface area contributed by atoms with Gasteiger partial charge in [-0.25, -0.2) is 4.79 Å². The van der Waals surface area contributed by atoms with Crippen LogP contribution in [0.1, 0.15) is 15.9 Å². The first-order valence-corrected chi connectivity index (χ1v) is 7.95. The summed E-state index contributed by atoms with van der Waals surface area (Å²) in [4.78, 5) is 12.0. The van der Waals surface area contributed by atoms with E-state index in [2.05, 4.69) is 27.3 Å². The van der Waals surface area contributed by atoms with Gasteiger partial charge in [0, 0.05) is 15.1 Å². The van der Waals surface area contributed by atoms with Crippen molar-refractivity contribution in [1.29, 1.82) is 5.26 Å². The Hall–Kier alpha value is -1.97. The summed E-state index contributed by atoms with van der Waals surface area (Å²) in [6.07, 6.45) is 1.90. The van der Waals surface area contributed by atoms with E-state index in [0.717, 1.165) is 4.90 Å². The number of carboxylic acid groups (broad SMARTS) is 1. The number of anilines is 2. The van der Waals surface area contributed by atoms with Gasteiger partial charge in [-0.1, -0.05) is 6.07 Å². The molecule has 0 heterocycles. The third kappa shape index (κ3) is 3.38. The Balaban J connectivity index is 2.42. The summed E-state index contributed by atoms with van der Waals surface area (Å²) in [6.45, 7) is 0. The number of nitrogens with one attached hydrogen (secondary N) is 1. The molecule has 0 aliphatic carbocycles. The summed E-state index contributed by atoms with van der Waals surface area (Å²) in [7, 11) is 0. The van der Waals surface area contributed by atoms with Crippen molar-refractivity contribution in [2.45, 2.75) is 4.90 Å². The van der Waals surface area contributed by atoms with Crippen LogP contribution in [0.4, 0.5) is 11.4 Å². The van der Waals surface area contributed by atoms with Crippen LogP contribution in [0.25, 0.3) is 0 Å². The van der Waals surface area contributed by atoms with Gasteiger partial charge >= 0.3 is 5.97 Å². The Bertz CT molecular complexity index is 741. The molecule has 0 bridgehead atoms. The van der Waals surface area contributed by atoms with Crippen LogP contribution in [0.5, 0.6) is 0 Å². The van der Waals surface area contributed by atoms with Gasteiger partial charge in [0.2, 0.25) is 0 Å². The van der Waals surface area contributed by atoms with Gasteiger partial charge in [-0.15, -0.1) is 11.8 Å². The van der Waals surface area contributed by atoms with Crippen LogP contribution in [-0.4, -0.2) is 17.3 Å². The molecule has 0 atom stereocenters. The van der Waals surface area contributed by atoms with Crippen LogP contribution in [0.15, 0.2) is 45.8 Å². The second kappa shape index (κ2) is 6.66. The molecule has 0 radical (unpaired) electrons. The van der Waals surface area contributed by atoms with Crippen molar-refractivity contribution in [1.82, 2.24) is 0 Å². The molecule has 0 aliphatic heterocycles. The molecular weight excluding hydrogens is 352 g/mol. The molecule has 106 valence electrons. The van der Waals surface area contributed by atoms with Crippen molar-refractivity contribution in [3.8, 4) is 6.07 Å². The van der Waals surface area contributed by atoms with Gasteiger partial charge in [0.15, 0.2) is 0 Å². The number of halogens is 1. The number of hydrogen-bond acceptors (Lipinski definition) is 4. The maximum absolute atomic E-state index is 11.1. The number of hydrogen-bond donors (Lipinski definition) is 2. The zero-order valence-corrected chi connectivity index (χ0v) is 13.5. The second-order valence-corrected chi connectivity index (χ2v) is 5.82. The monoisotopic (exact) mass is 362 g/mol. The van der Waals surface area contributed by atoms with Crippen molar-refractivity contribution < 1.29 is 9.90 Å². The summed E-state index contributed by atoms with van der Waals surface area (Å²) in [6, 6.07) is 12.6. The number of carboxylic acids is 1. The number of rotatable bonds is 4. The minimum atomic E-state index is -1.01. The number of benzene rings is 2. The summed E-state index contributed by atoms with van der Waals surface area (Å²) in [5, 5.41) is 21.5. The lowest BCUT2D eigenvalue weighted by atomic mass is 10.1. The van der Waals surface area contributed by atoms with Crippen molar-refractivity contribution in [3.05, 3.63) is 52.0 Å². The van der Waals surface area contributed by atoms with Gasteiger partial charge < -0.3 is 10.4 Å². The highest BCUT2D eigenvalue weighted by atomic mass is 79.9. The highest BCUT2D eigenvalue weighted by Gasteiger charge is 2.11. The highest BCUT2D eigenvalue weighted by Crippen LogP contribution is 2.30. The Morgan fingerprint density at radius 2 is 2.14 bits per heavy atom. The number of thioether (sulfide) groups is 1. The van der Waals surface area contributed by atoms with E-state index in [4.69, 9.17) is 5.11 Å². The number of carbonyl (C=O) groups is 1. The van der Waals surface area contributed by atoms with Gasteiger partial charge in [-0.2, -0.15) is 5.26 Å². The van der Waals surface area contributed by atoms with Gasteiger partial charge in [-0.05, 0) is 52.5 Å². The second-order valence-electron chi connectivity index (χ2n) is 4.12. The number of nitriles is 1. The van der Waals surface area contributed by atoms with E-state index < -0.39 is 5.97 Å². The molecule has 0 spiro atoms. The van der Waals surface area contributed by atoms with E-state index in [9.17, 15) is 10.1 Å². The van der Waals surface area contributed by atoms with Crippen molar-refractivity contribution in [2.75, 3.05) is 11.6 Å². The molecule has 0 saturated heterocycles. The first-order chi connectivity index (χ1) is 10.1. The largest absolute Gasteiger partial charge is 0.478 e. The number of aromatic carboxylic acids is 1. The molecule has 0 fully saturated rings. The molecule has 0 amide bonds. The minimum Gasteiger partial charge on any atom is -0.478 e. The summed E-state index contributed by atoms with van der Waals surface area (Å²) in [5.41, 5.74) is 1.98. The van der Waals surface area contributed by atoms with E-state index in [1.807, 2.05) is 18.4 Å². The normalized spacial score (nSPS) is 9.95. The quantitative estimate of drug-likeness (QED) is 0.784. The molecule has 0 aromatic heterocycles. The lowest BCUT2D eigenvalue weighted by Gasteiger charge is -2.11. The Morgan fingerprint density at radius 1 is 1.38 bits per heavy atom. The fourth-order valence-electron chi connectivity index (χ4n) is 1.84. The molecule has 2 rings (SSSR count). The Morgan fingerprint density at radius 3 is 2.76 bits per heavy atom. The van der Waals surface area contributed by atoms with E-state index in [1.165, 1.54) is 17.8 Å². The van der Waals surface area contributed by atoms with Crippen molar-refractivity contribution in [3.63, 3.8) is 0 Å². The van der Waals surface area contributed by atoms with Gasteiger partial charge in [-0.3, -0.25) is 0 Å². The molecule has 6 heteroatoms. The lowest BCUT2D eigenvalue weighted by Crippen LogP contribution is -2.00. The average molecular weight is 363 g/mol. The predicted octanol–water partition coefficient (Wildman–Crippen LogP) is 4.48. The fourth-order valence-corrected chi connectivity index (χ4v) is 2.83. The molecule has 2 aromatic carbocycles. The molecule has 0 unspecified atom stereocenters. The van der Waals surface area contributed by atoms with E-state index in [1.54, 1.807) is 18.2 Å². The fraction of sp³-hybridized carbons (Fsp3) is 0.0667. The molecule has 0 aliphatic rings. The third-order valence-electron chi connectivity index (χ3n) is 2.83. The van der Waals surface area contributed by atoms with Gasteiger partial charge in [0.05, 0.1) is 16.8 Å². The van der Waals surface area contributed by atoms with Crippen LogP contribution in [0.2, 0.25) is 0 Å². The molecule has 2 aromatic rings. The predicted molar refractivity (Wildman–Crippen MR) is 87.3 cm³/mol. The van der Waals surface area contributed by atoms with Crippen LogP contribution in [-0.2, 0) is 0 Å². The van der Waals surface area contributed by atoms with E-state index >= 15 is 0 Å². The summed E-state index contributed by atoms with van der Waals surface area (Å²) >= 11 is 4.69. The van der Waals surface area contributed by atoms with Gasteiger partial charge in [0.1, 0.15) is 6.07 Å². The third-order valence-corrected chi connectivity index (χ3v) is 4.31. The van der Waals surface area contributed by atoms with Crippen LogP contribution in [0, 0.1) is 11.3 Å². The van der Waals surface area contributed by atoms with Crippen molar-refractivity contribution >= 4 is 45.0 Å². The van der Waals surface area contributed by atoms with Gasteiger partial charge in [0.25, 0.3) is 0 Å². The molecular formula is C15H11BrN2O2S.